The predicted molar refractivity (Wildman–Crippen MR) is 90.2 cm³/mol. The second-order valence-corrected chi connectivity index (χ2v) is 6.30. The summed E-state index contributed by atoms with van der Waals surface area (Å²) in [6.07, 6.45) is 0.259. The molecule has 2 atom stereocenters. The Kier molecular flexibility index (Phi) is 6.42. The topological polar surface area (TPSA) is 50.8 Å². The molecule has 0 aliphatic carbocycles. The first kappa shape index (κ1) is 17.8. The number of hydrogen-bond donors (Lipinski definition) is 1. The Morgan fingerprint density at radius 1 is 1.35 bits per heavy atom. The maximum absolute atomic E-state index is 12.4. The van der Waals surface area contributed by atoms with Crippen LogP contribution in [0.1, 0.15) is 38.8 Å². The molecule has 0 bridgehead atoms. The number of nitrogens with one attached hydrogen (secondary N) is 1. The van der Waals surface area contributed by atoms with E-state index in [4.69, 9.17) is 9.47 Å². The van der Waals surface area contributed by atoms with Gasteiger partial charge in [-0.3, -0.25) is 0 Å². The zero-order valence-electron chi connectivity index (χ0n) is 14.5. The van der Waals surface area contributed by atoms with Gasteiger partial charge >= 0.3 is 6.03 Å². The Hall–Kier alpha value is -1.59. The smallest absolute Gasteiger partial charge is 0.318 e. The Balaban J connectivity index is 1.93. The third kappa shape index (κ3) is 4.94. The third-order valence-electron chi connectivity index (χ3n) is 4.27. The third-order valence-corrected chi connectivity index (χ3v) is 4.27. The van der Waals surface area contributed by atoms with Crippen molar-refractivity contribution in [2.45, 2.75) is 59.1 Å². The number of benzene rings is 1. The van der Waals surface area contributed by atoms with Crippen LogP contribution >= 0.6 is 0 Å². The van der Waals surface area contributed by atoms with Crippen LogP contribution < -0.4 is 5.32 Å². The van der Waals surface area contributed by atoms with E-state index < -0.39 is 0 Å². The second-order valence-electron chi connectivity index (χ2n) is 6.30. The fourth-order valence-corrected chi connectivity index (χ4v) is 2.62. The fourth-order valence-electron chi connectivity index (χ4n) is 2.62. The number of nitrogens with zero attached hydrogens (tertiary/aromatic N) is 1. The van der Waals surface area contributed by atoms with Crippen LogP contribution in [-0.4, -0.2) is 42.3 Å². The van der Waals surface area contributed by atoms with Gasteiger partial charge in [0.15, 0.2) is 0 Å². The van der Waals surface area contributed by atoms with Crippen molar-refractivity contribution in [3.05, 3.63) is 35.4 Å². The lowest BCUT2D eigenvalue weighted by atomic mass is 10.1. The molecule has 1 saturated heterocycles. The van der Waals surface area contributed by atoms with Crippen LogP contribution in [0.4, 0.5) is 4.79 Å². The lowest BCUT2D eigenvalue weighted by Gasteiger charge is -2.37. The number of carbonyl (C=O) groups excluding carboxylic acids is 1. The van der Waals surface area contributed by atoms with Crippen LogP contribution in [0.2, 0.25) is 0 Å². The van der Waals surface area contributed by atoms with Crippen molar-refractivity contribution < 1.29 is 14.3 Å². The number of hydrogen-bond acceptors (Lipinski definition) is 3. The van der Waals surface area contributed by atoms with Crippen LogP contribution in [0, 0.1) is 0 Å². The molecule has 0 spiro atoms. The number of urea groups is 1. The zero-order chi connectivity index (χ0) is 16.8. The Morgan fingerprint density at radius 2 is 2.04 bits per heavy atom. The van der Waals surface area contributed by atoms with E-state index in [2.05, 4.69) is 5.32 Å². The van der Waals surface area contributed by atoms with Gasteiger partial charge < -0.3 is 19.7 Å². The zero-order valence-corrected chi connectivity index (χ0v) is 14.5. The summed E-state index contributed by atoms with van der Waals surface area (Å²) in [6.45, 7) is 10.4. The summed E-state index contributed by atoms with van der Waals surface area (Å²) in [5.74, 6) is 0. The SMILES string of the molecule is CC(C)OCc1ccccc1CNC(=O)N1CCOC(C)C1C. The molecule has 23 heavy (non-hydrogen) atoms. The highest BCUT2D eigenvalue weighted by Gasteiger charge is 2.28. The summed E-state index contributed by atoms with van der Waals surface area (Å²) in [5.41, 5.74) is 2.21. The molecule has 1 heterocycles. The molecule has 1 aromatic carbocycles. The number of carbonyl (C=O) groups is 1. The van der Waals surface area contributed by atoms with Gasteiger partial charge in [-0.15, -0.1) is 0 Å². The van der Waals surface area contributed by atoms with Crippen LogP contribution in [-0.2, 0) is 22.6 Å². The highest BCUT2D eigenvalue weighted by atomic mass is 16.5. The lowest BCUT2D eigenvalue weighted by Crippen LogP contribution is -2.54. The fraction of sp³-hybridized carbons (Fsp3) is 0.611. The van der Waals surface area contributed by atoms with E-state index in [9.17, 15) is 4.79 Å². The van der Waals surface area contributed by atoms with Gasteiger partial charge in [0.1, 0.15) is 0 Å². The molecule has 1 aliphatic rings. The van der Waals surface area contributed by atoms with Crippen molar-refractivity contribution in [1.82, 2.24) is 10.2 Å². The summed E-state index contributed by atoms with van der Waals surface area (Å²) in [4.78, 5) is 14.3. The highest BCUT2D eigenvalue weighted by Crippen LogP contribution is 2.15. The normalized spacial score (nSPS) is 21.5. The van der Waals surface area contributed by atoms with Crippen LogP contribution in [0.5, 0.6) is 0 Å². The molecule has 1 aliphatic heterocycles. The molecule has 5 nitrogen and oxygen atoms in total. The molecule has 5 heteroatoms. The van der Waals surface area contributed by atoms with E-state index in [0.29, 0.717) is 26.3 Å². The monoisotopic (exact) mass is 320 g/mol. The van der Waals surface area contributed by atoms with Gasteiger partial charge in [-0.1, -0.05) is 24.3 Å². The molecule has 0 radical (unpaired) electrons. The van der Waals surface area contributed by atoms with Gasteiger partial charge in [0.05, 0.1) is 31.5 Å². The highest BCUT2D eigenvalue weighted by molar-refractivity contribution is 5.74. The lowest BCUT2D eigenvalue weighted by molar-refractivity contribution is -0.0376. The predicted octanol–water partition coefficient (Wildman–Crippen LogP) is 2.93. The van der Waals surface area contributed by atoms with Crippen molar-refractivity contribution in [3.8, 4) is 0 Å². The standard InChI is InChI=1S/C18H28N2O3/c1-13(2)23-12-17-8-6-5-7-16(17)11-19-18(21)20-9-10-22-15(4)14(20)3/h5-8,13-15H,9-12H2,1-4H3,(H,19,21). The number of ether oxygens (including phenoxy) is 2. The first-order chi connectivity index (χ1) is 11.0. The van der Waals surface area contributed by atoms with Crippen molar-refractivity contribution in [3.63, 3.8) is 0 Å². The minimum atomic E-state index is -0.0350. The second kappa shape index (κ2) is 8.31. The van der Waals surface area contributed by atoms with Gasteiger partial charge in [0.2, 0.25) is 0 Å². The Morgan fingerprint density at radius 3 is 2.74 bits per heavy atom. The minimum absolute atomic E-state index is 0.0350. The average Bonchev–Trinajstić information content (AvgIpc) is 2.54. The number of rotatable bonds is 5. The molecule has 128 valence electrons. The van der Waals surface area contributed by atoms with Gasteiger partial charge in [0, 0.05) is 13.1 Å². The maximum Gasteiger partial charge on any atom is 0.318 e. The molecule has 0 saturated carbocycles. The molecule has 1 aromatic rings. The van der Waals surface area contributed by atoms with Crippen molar-refractivity contribution in [1.29, 1.82) is 0 Å². The van der Waals surface area contributed by atoms with Gasteiger partial charge in [-0.05, 0) is 38.8 Å². The van der Waals surface area contributed by atoms with Gasteiger partial charge in [-0.25, -0.2) is 4.79 Å². The molecular formula is C18H28N2O3. The average molecular weight is 320 g/mol. The molecular weight excluding hydrogens is 292 g/mol. The minimum Gasteiger partial charge on any atom is -0.375 e. The van der Waals surface area contributed by atoms with E-state index in [1.54, 1.807) is 0 Å². The van der Waals surface area contributed by atoms with E-state index in [-0.39, 0.29) is 24.3 Å². The first-order valence-corrected chi connectivity index (χ1v) is 8.33. The first-order valence-electron chi connectivity index (χ1n) is 8.33. The summed E-state index contributed by atoms with van der Waals surface area (Å²) in [5, 5.41) is 3.02. The molecule has 2 unspecified atom stereocenters. The van der Waals surface area contributed by atoms with Crippen molar-refractivity contribution in [2.24, 2.45) is 0 Å². The van der Waals surface area contributed by atoms with Crippen LogP contribution in [0.25, 0.3) is 0 Å². The number of amides is 2. The summed E-state index contributed by atoms with van der Waals surface area (Å²) in [7, 11) is 0. The van der Waals surface area contributed by atoms with Crippen molar-refractivity contribution in [2.75, 3.05) is 13.2 Å². The van der Waals surface area contributed by atoms with E-state index in [1.807, 2.05) is 56.9 Å². The number of morpholine rings is 1. The van der Waals surface area contributed by atoms with Crippen molar-refractivity contribution >= 4 is 6.03 Å². The molecule has 0 aromatic heterocycles. The molecule has 1 N–H and O–H groups in total. The Labute approximate surface area is 139 Å². The Bertz CT molecular complexity index is 519. The maximum atomic E-state index is 12.4. The molecule has 2 amide bonds. The largest absolute Gasteiger partial charge is 0.375 e. The van der Waals surface area contributed by atoms with Gasteiger partial charge in [0.25, 0.3) is 0 Å². The quantitative estimate of drug-likeness (QED) is 0.907. The summed E-state index contributed by atoms with van der Waals surface area (Å²) in [6, 6.07) is 8.11. The van der Waals surface area contributed by atoms with E-state index in [1.165, 1.54) is 0 Å². The van der Waals surface area contributed by atoms with Crippen LogP contribution in [0.3, 0.4) is 0 Å². The van der Waals surface area contributed by atoms with E-state index in [0.717, 1.165) is 11.1 Å². The van der Waals surface area contributed by atoms with E-state index >= 15 is 0 Å². The molecule has 1 fully saturated rings. The summed E-state index contributed by atoms with van der Waals surface area (Å²) < 4.78 is 11.3. The molecule has 2 rings (SSSR count). The van der Waals surface area contributed by atoms with Crippen LogP contribution in [0.15, 0.2) is 24.3 Å². The van der Waals surface area contributed by atoms with Gasteiger partial charge in [-0.2, -0.15) is 0 Å². The summed E-state index contributed by atoms with van der Waals surface area (Å²) >= 11 is 0.